The summed E-state index contributed by atoms with van der Waals surface area (Å²) in [4.78, 5) is 18.6. The minimum absolute atomic E-state index is 0.0229. The molecule has 4 aromatic rings. The number of fused-ring (bicyclic) bond motifs is 2. The SMILES string of the molecule is O=c1c2ccccc2nc(-c2ccc3c(c2)C=CC3)n1-c1ccc(C2CCCC2)cc1. The highest BCUT2D eigenvalue weighted by molar-refractivity contribution is 5.81. The molecule has 3 aromatic carbocycles. The van der Waals surface area contributed by atoms with Crippen LogP contribution in [0.2, 0.25) is 0 Å². The Morgan fingerprint density at radius 1 is 0.903 bits per heavy atom. The summed E-state index contributed by atoms with van der Waals surface area (Å²) < 4.78 is 1.78. The molecule has 0 unspecified atom stereocenters. The van der Waals surface area contributed by atoms with E-state index in [9.17, 15) is 4.79 Å². The summed E-state index contributed by atoms with van der Waals surface area (Å²) in [6, 6.07) is 22.6. The van der Waals surface area contributed by atoms with Gasteiger partial charge in [0.05, 0.1) is 16.6 Å². The molecule has 0 atom stereocenters. The Balaban J connectivity index is 1.55. The van der Waals surface area contributed by atoms with Gasteiger partial charge in [-0.25, -0.2) is 4.98 Å². The first-order valence-corrected chi connectivity index (χ1v) is 11.2. The van der Waals surface area contributed by atoms with E-state index < -0.39 is 0 Å². The van der Waals surface area contributed by atoms with E-state index in [0.717, 1.165) is 23.2 Å². The van der Waals surface area contributed by atoms with Crippen LogP contribution in [0.25, 0.3) is 34.1 Å². The lowest BCUT2D eigenvalue weighted by Gasteiger charge is -2.16. The molecule has 6 rings (SSSR count). The smallest absolute Gasteiger partial charge is 0.266 e. The van der Waals surface area contributed by atoms with Crippen LogP contribution in [-0.2, 0) is 6.42 Å². The fourth-order valence-corrected chi connectivity index (χ4v) is 5.11. The molecule has 1 heterocycles. The number of allylic oxidation sites excluding steroid dienone is 1. The second-order valence-electron chi connectivity index (χ2n) is 8.69. The van der Waals surface area contributed by atoms with Gasteiger partial charge in [-0.2, -0.15) is 0 Å². The predicted octanol–water partition coefficient (Wildman–Crippen LogP) is 6.28. The van der Waals surface area contributed by atoms with Crippen molar-refractivity contribution in [3.8, 4) is 17.1 Å². The molecule has 0 bridgehead atoms. The average molecular weight is 405 g/mol. The van der Waals surface area contributed by atoms with E-state index >= 15 is 0 Å². The van der Waals surface area contributed by atoms with Crippen LogP contribution in [0.3, 0.4) is 0 Å². The van der Waals surface area contributed by atoms with Crippen molar-refractivity contribution >= 4 is 17.0 Å². The minimum atomic E-state index is -0.0229. The molecule has 1 fully saturated rings. The number of hydrogen-bond acceptors (Lipinski definition) is 2. The largest absolute Gasteiger partial charge is 0.268 e. The van der Waals surface area contributed by atoms with Gasteiger partial charge in [-0.15, -0.1) is 0 Å². The second kappa shape index (κ2) is 7.35. The maximum absolute atomic E-state index is 13.6. The Kier molecular flexibility index (Phi) is 4.34. The summed E-state index contributed by atoms with van der Waals surface area (Å²) in [5.74, 6) is 1.35. The topological polar surface area (TPSA) is 34.9 Å². The first-order chi connectivity index (χ1) is 15.3. The van der Waals surface area contributed by atoms with Crippen molar-refractivity contribution in [2.24, 2.45) is 0 Å². The maximum atomic E-state index is 13.6. The van der Waals surface area contributed by atoms with E-state index in [4.69, 9.17) is 4.98 Å². The van der Waals surface area contributed by atoms with Crippen molar-refractivity contribution < 1.29 is 0 Å². The molecule has 0 aliphatic heterocycles. The van der Waals surface area contributed by atoms with Gasteiger partial charge >= 0.3 is 0 Å². The lowest BCUT2D eigenvalue weighted by atomic mass is 9.97. The predicted molar refractivity (Wildman–Crippen MR) is 127 cm³/mol. The molecule has 0 radical (unpaired) electrons. The lowest BCUT2D eigenvalue weighted by Crippen LogP contribution is -2.22. The highest BCUT2D eigenvalue weighted by Gasteiger charge is 2.19. The molecule has 3 nitrogen and oxygen atoms in total. The van der Waals surface area contributed by atoms with Crippen molar-refractivity contribution in [3.63, 3.8) is 0 Å². The zero-order valence-electron chi connectivity index (χ0n) is 17.4. The molecule has 2 aliphatic carbocycles. The normalized spacial score (nSPS) is 15.6. The van der Waals surface area contributed by atoms with Gasteiger partial charge in [0.2, 0.25) is 0 Å². The van der Waals surface area contributed by atoms with Crippen molar-refractivity contribution in [3.05, 3.63) is 99.9 Å². The number of benzene rings is 3. The van der Waals surface area contributed by atoms with Gasteiger partial charge in [0.15, 0.2) is 0 Å². The molecule has 0 saturated heterocycles. The molecular weight excluding hydrogens is 380 g/mol. The molecule has 0 spiro atoms. The van der Waals surface area contributed by atoms with Gasteiger partial charge in [0.25, 0.3) is 5.56 Å². The standard InChI is InChI=1S/C28H24N2O/c31-28-25-10-3-4-11-26(25)29-27(23-13-12-20-8-5-9-22(20)18-23)30(28)24-16-14-21(15-17-24)19-6-1-2-7-19/h3-5,9-19H,1-2,6-8H2. The molecule has 0 N–H and O–H groups in total. The van der Waals surface area contributed by atoms with Crippen molar-refractivity contribution in [2.75, 3.05) is 0 Å². The Hall–Kier alpha value is -3.46. The summed E-state index contributed by atoms with van der Waals surface area (Å²) in [5.41, 5.74) is 6.46. The molecule has 0 amide bonds. The van der Waals surface area contributed by atoms with Crippen molar-refractivity contribution in [1.82, 2.24) is 9.55 Å². The van der Waals surface area contributed by atoms with Crippen LogP contribution in [0.5, 0.6) is 0 Å². The zero-order chi connectivity index (χ0) is 20.8. The number of hydrogen-bond donors (Lipinski definition) is 0. The molecule has 31 heavy (non-hydrogen) atoms. The van der Waals surface area contributed by atoms with Gasteiger partial charge in [-0.1, -0.05) is 61.4 Å². The average Bonchev–Trinajstić information content (AvgIpc) is 3.51. The van der Waals surface area contributed by atoms with Gasteiger partial charge in [-0.3, -0.25) is 9.36 Å². The Bertz CT molecular complexity index is 1370. The van der Waals surface area contributed by atoms with E-state index in [1.54, 1.807) is 4.57 Å². The molecule has 3 heteroatoms. The van der Waals surface area contributed by atoms with Crippen LogP contribution in [0.15, 0.2) is 77.6 Å². The van der Waals surface area contributed by atoms with E-state index in [0.29, 0.717) is 17.1 Å². The van der Waals surface area contributed by atoms with Crippen LogP contribution in [0.1, 0.15) is 48.3 Å². The van der Waals surface area contributed by atoms with E-state index in [2.05, 4.69) is 54.6 Å². The number of nitrogens with zero attached hydrogens (tertiary/aromatic N) is 2. The number of aromatic nitrogens is 2. The fraction of sp³-hybridized carbons (Fsp3) is 0.214. The molecule has 2 aliphatic rings. The van der Waals surface area contributed by atoms with E-state index in [-0.39, 0.29) is 5.56 Å². The third-order valence-electron chi connectivity index (χ3n) is 6.79. The lowest BCUT2D eigenvalue weighted by molar-refractivity contribution is 0.723. The van der Waals surface area contributed by atoms with Crippen LogP contribution in [-0.4, -0.2) is 9.55 Å². The van der Waals surface area contributed by atoms with Crippen LogP contribution in [0.4, 0.5) is 0 Å². The second-order valence-corrected chi connectivity index (χ2v) is 8.69. The third kappa shape index (κ3) is 3.12. The fourth-order valence-electron chi connectivity index (χ4n) is 5.11. The Morgan fingerprint density at radius 3 is 2.55 bits per heavy atom. The van der Waals surface area contributed by atoms with Crippen LogP contribution in [0, 0.1) is 0 Å². The van der Waals surface area contributed by atoms with Crippen LogP contribution < -0.4 is 5.56 Å². The van der Waals surface area contributed by atoms with E-state index in [1.807, 2.05) is 24.3 Å². The van der Waals surface area contributed by atoms with Gasteiger partial charge in [0.1, 0.15) is 5.82 Å². The quantitative estimate of drug-likeness (QED) is 0.403. The zero-order valence-corrected chi connectivity index (χ0v) is 17.4. The molecule has 1 aromatic heterocycles. The summed E-state index contributed by atoms with van der Waals surface area (Å²) >= 11 is 0. The van der Waals surface area contributed by atoms with Gasteiger partial charge < -0.3 is 0 Å². The van der Waals surface area contributed by atoms with Crippen LogP contribution >= 0.6 is 0 Å². The molecule has 1 saturated carbocycles. The monoisotopic (exact) mass is 404 g/mol. The number of para-hydroxylation sites is 1. The molecular formula is C28H24N2O. The maximum Gasteiger partial charge on any atom is 0.266 e. The summed E-state index contributed by atoms with van der Waals surface area (Å²) in [5, 5.41) is 0.646. The van der Waals surface area contributed by atoms with Crippen molar-refractivity contribution in [2.45, 2.75) is 38.0 Å². The summed E-state index contributed by atoms with van der Waals surface area (Å²) in [6.45, 7) is 0. The minimum Gasteiger partial charge on any atom is -0.268 e. The Labute approximate surface area is 181 Å². The Morgan fingerprint density at radius 2 is 1.71 bits per heavy atom. The van der Waals surface area contributed by atoms with Gasteiger partial charge in [0, 0.05) is 5.56 Å². The first kappa shape index (κ1) is 18.3. The highest BCUT2D eigenvalue weighted by atomic mass is 16.1. The van der Waals surface area contributed by atoms with E-state index in [1.165, 1.54) is 42.4 Å². The summed E-state index contributed by atoms with van der Waals surface area (Å²) in [6.07, 6.45) is 10.5. The first-order valence-electron chi connectivity index (χ1n) is 11.2. The summed E-state index contributed by atoms with van der Waals surface area (Å²) in [7, 11) is 0. The van der Waals surface area contributed by atoms with Crippen molar-refractivity contribution in [1.29, 1.82) is 0 Å². The number of rotatable bonds is 3. The third-order valence-corrected chi connectivity index (χ3v) is 6.79. The molecule has 152 valence electrons. The highest BCUT2D eigenvalue weighted by Crippen LogP contribution is 2.34. The van der Waals surface area contributed by atoms with Gasteiger partial charge in [-0.05, 0) is 72.2 Å².